The molecule has 0 fully saturated rings. The topological polar surface area (TPSA) is 30.5 Å². The molecular formula is C17H29NO2. The van der Waals surface area contributed by atoms with Crippen LogP contribution in [-0.4, -0.2) is 26.4 Å². The van der Waals surface area contributed by atoms with Gasteiger partial charge in [-0.15, -0.1) is 0 Å². The highest BCUT2D eigenvalue weighted by molar-refractivity contribution is 5.28. The van der Waals surface area contributed by atoms with Gasteiger partial charge in [0.2, 0.25) is 0 Å². The van der Waals surface area contributed by atoms with Crippen LogP contribution in [0.4, 0.5) is 0 Å². The standard InChI is InChI=1S/C17H29NO2/c1-4-6-13-19-14-11-18-15(3)16-7-9-17(10-8-16)20-12-5-2/h7-10,15,18H,4-6,11-14H2,1-3H3. The number of nitrogens with one attached hydrogen (secondary N) is 1. The Bertz CT molecular complexity index is 337. The van der Waals surface area contributed by atoms with Gasteiger partial charge in [0.05, 0.1) is 13.2 Å². The Kier molecular flexibility index (Phi) is 9.09. The van der Waals surface area contributed by atoms with E-state index in [0.29, 0.717) is 6.04 Å². The fourth-order valence-corrected chi connectivity index (χ4v) is 1.89. The Labute approximate surface area is 123 Å². The van der Waals surface area contributed by atoms with Crippen LogP contribution in [0.15, 0.2) is 24.3 Å². The number of hydrogen-bond donors (Lipinski definition) is 1. The summed E-state index contributed by atoms with van der Waals surface area (Å²) in [7, 11) is 0. The van der Waals surface area contributed by atoms with Crippen molar-refractivity contribution < 1.29 is 9.47 Å². The van der Waals surface area contributed by atoms with Gasteiger partial charge in [0.25, 0.3) is 0 Å². The lowest BCUT2D eigenvalue weighted by Crippen LogP contribution is -2.23. The first-order chi connectivity index (χ1) is 9.77. The summed E-state index contributed by atoms with van der Waals surface area (Å²) in [5, 5.41) is 3.47. The van der Waals surface area contributed by atoms with E-state index in [9.17, 15) is 0 Å². The molecule has 1 N–H and O–H groups in total. The largest absolute Gasteiger partial charge is 0.494 e. The minimum atomic E-state index is 0.338. The van der Waals surface area contributed by atoms with E-state index >= 15 is 0 Å². The molecule has 114 valence electrons. The molecule has 0 bridgehead atoms. The highest BCUT2D eigenvalue weighted by atomic mass is 16.5. The zero-order valence-corrected chi connectivity index (χ0v) is 13.2. The molecule has 0 aromatic heterocycles. The van der Waals surface area contributed by atoms with Gasteiger partial charge in [-0.25, -0.2) is 0 Å². The van der Waals surface area contributed by atoms with Gasteiger partial charge in [-0.2, -0.15) is 0 Å². The first-order valence-electron chi connectivity index (χ1n) is 7.81. The lowest BCUT2D eigenvalue weighted by atomic mass is 10.1. The molecule has 0 amide bonds. The van der Waals surface area contributed by atoms with Gasteiger partial charge in [-0.3, -0.25) is 0 Å². The third kappa shape index (κ3) is 6.92. The van der Waals surface area contributed by atoms with Gasteiger partial charge in [-0.05, 0) is 37.5 Å². The predicted octanol–water partition coefficient (Wildman–Crippen LogP) is 3.94. The fraction of sp³-hybridized carbons (Fsp3) is 0.647. The Morgan fingerprint density at radius 1 is 1.00 bits per heavy atom. The maximum absolute atomic E-state index is 5.59. The molecule has 1 rings (SSSR count). The minimum absolute atomic E-state index is 0.338. The van der Waals surface area contributed by atoms with Crippen LogP contribution >= 0.6 is 0 Å². The van der Waals surface area contributed by atoms with E-state index in [1.807, 2.05) is 12.1 Å². The summed E-state index contributed by atoms with van der Waals surface area (Å²) >= 11 is 0. The summed E-state index contributed by atoms with van der Waals surface area (Å²) in [6.45, 7) is 9.79. The first kappa shape index (κ1) is 17.0. The summed E-state index contributed by atoms with van der Waals surface area (Å²) in [5.41, 5.74) is 1.28. The Balaban J connectivity index is 2.23. The van der Waals surface area contributed by atoms with Crippen LogP contribution in [0, 0.1) is 0 Å². The highest BCUT2D eigenvalue weighted by Gasteiger charge is 2.04. The normalized spacial score (nSPS) is 12.3. The Morgan fingerprint density at radius 2 is 1.75 bits per heavy atom. The SMILES string of the molecule is CCCCOCCNC(C)c1ccc(OCCC)cc1. The van der Waals surface area contributed by atoms with Crippen molar-refractivity contribution in [3.05, 3.63) is 29.8 Å². The summed E-state index contributed by atoms with van der Waals surface area (Å²) in [6.07, 6.45) is 3.38. The van der Waals surface area contributed by atoms with E-state index in [1.165, 1.54) is 12.0 Å². The monoisotopic (exact) mass is 279 g/mol. The van der Waals surface area contributed by atoms with E-state index in [0.717, 1.165) is 45.0 Å². The quantitative estimate of drug-likeness (QED) is 0.622. The van der Waals surface area contributed by atoms with Crippen LogP contribution in [0.25, 0.3) is 0 Å². The van der Waals surface area contributed by atoms with Crippen molar-refractivity contribution in [2.45, 2.75) is 46.1 Å². The van der Waals surface area contributed by atoms with E-state index in [2.05, 4.69) is 38.2 Å². The molecule has 1 atom stereocenters. The van der Waals surface area contributed by atoms with Crippen LogP contribution < -0.4 is 10.1 Å². The lowest BCUT2D eigenvalue weighted by Gasteiger charge is -2.15. The van der Waals surface area contributed by atoms with Gasteiger partial charge in [-0.1, -0.05) is 32.4 Å². The summed E-state index contributed by atoms with van der Waals surface area (Å²) in [5.74, 6) is 0.950. The fourth-order valence-electron chi connectivity index (χ4n) is 1.89. The molecule has 0 radical (unpaired) electrons. The molecule has 3 nitrogen and oxygen atoms in total. The molecule has 0 saturated carbocycles. The molecule has 0 aliphatic rings. The van der Waals surface area contributed by atoms with Crippen LogP contribution in [0.2, 0.25) is 0 Å². The zero-order valence-electron chi connectivity index (χ0n) is 13.2. The lowest BCUT2D eigenvalue weighted by molar-refractivity contribution is 0.131. The molecule has 0 aliphatic heterocycles. The molecule has 0 aliphatic carbocycles. The van der Waals surface area contributed by atoms with E-state index < -0.39 is 0 Å². The van der Waals surface area contributed by atoms with Crippen molar-refractivity contribution in [1.29, 1.82) is 0 Å². The molecule has 1 aromatic carbocycles. The second-order valence-electron chi connectivity index (χ2n) is 5.06. The molecule has 1 unspecified atom stereocenters. The molecule has 3 heteroatoms. The zero-order chi connectivity index (χ0) is 14.6. The molecule has 1 aromatic rings. The number of unbranched alkanes of at least 4 members (excludes halogenated alkanes) is 1. The number of rotatable bonds is 11. The van der Waals surface area contributed by atoms with Gasteiger partial charge in [0.15, 0.2) is 0 Å². The molecular weight excluding hydrogens is 250 g/mol. The Morgan fingerprint density at radius 3 is 2.40 bits per heavy atom. The number of ether oxygens (including phenoxy) is 2. The highest BCUT2D eigenvalue weighted by Crippen LogP contribution is 2.17. The van der Waals surface area contributed by atoms with Crippen LogP contribution in [0.3, 0.4) is 0 Å². The second kappa shape index (κ2) is 10.7. The van der Waals surface area contributed by atoms with Gasteiger partial charge < -0.3 is 14.8 Å². The van der Waals surface area contributed by atoms with Crippen molar-refractivity contribution >= 4 is 0 Å². The third-order valence-electron chi connectivity index (χ3n) is 3.19. The van der Waals surface area contributed by atoms with E-state index in [-0.39, 0.29) is 0 Å². The van der Waals surface area contributed by atoms with Crippen molar-refractivity contribution in [2.24, 2.45) is 0 Å². The van der Waals surface area contributed by atoms with E-state index in [1.54, 1.807) is 0 Å². The van der Waals surface area contributed by atoms with Crippen LogP contribution in [0.1, 0.15) is 51.6 Å². The van der Waals surface area contributed by atoms with Crippen molar-refractivity contribution in [2.75, 3.05) is 26.4 Å². The maximum atomic E-state index is 5.59. The minimum Gasteiger partial charge on any atom is -0.494 e. The third-order valence-corrected chi connectivity index (χ3v) is 3.19. The summed E-state index contributed by atoms with van der Waals surface area (Å²) < 4.78 is 11.1. The Hall–Kier alpha value is -1.06. The maximum Gasteiger partial charge on any atom is 0.119 e. The van der Waals surface area contributed by atoms with E-state index in [4.69, 9.17) is 9.47 Å². The molecule has 20 heavy (non-hydrogen) atoms. The molecule has 0 heterocycles. The van der Waals surface area contributed by atoms with Crippen LogP contribution in [-0.2, 0) is 4.74 Å². The first-order valence-corrected chi connectivity index (χ1v) is 7.81. The summed E-state index contributed by atoms with van der Waals surface area (Å²) in [4.78, 5) is 0. The average molecular weight is 279 g/mol. The second-order valence-corrected chi connectivity index (χ2v) is 5.06. The van der Waals surface area contributed by atoms with Crippen molar-refractivity contribution in [1.82, 2.24) is 5.32 Å². The summed E-state index contributed by atoms with van der Waals surface area (Å²) in [6, 6.07) is 8.67. The molecule has 0 saturated heterocycles. The smallest absolute Gasteiger partial charge is 0.119 e. The average Bonchev–Trinajstić information content (AvgIpc) is 2.49. The van der Waals surface area contributed by atoms with Gasteiger partial charge >= 0.3 is 0 Å². The van der Waals surface area contributed by atoms with Gasteiger partial charge in [0, 0.05) is 19.2 Å². The molecule has 0 spiro atoms. The van der Waals surface area contributed by atoms with Crippen molar-refractivity contribution in [3.63, 3.8) is 0 Å². The van der Waals surface area contributed by atoms with Gasteiger partial charge in [0.1, 0.15) is 5.75 Å². The predicted molar refractivity (Wildman–Crippen MR) is 84.4 cm³/mol. The number of benzene rings is 1. The van der Waals surface area contributed by atoms with Crippen LogP contribution in [0.5, 0.6) is 5.75 Å². The van der Waals surface area contributed by atoms with Crippen molar-refractivity contribution in [3.8, 4) is 5.75 Å². The number of hydrogen-bond acceptors (Lipinski definition) is 3.